The van der Waals surface area contributed by atoms with Crippen LogP contribution < -0.4 is 0 Å². The van der Waals surface area contributed by atoms with Crippen molar-refractivity contribution in [2.75, 3.05) is 0 Å². The van der Waals surface area contributed by atoms with Crippen LogP contribution in [0.4, 0.5) is 0 Å². The molecule has 3 aliphatic rings. The quantitative estimate of drug-likeness (QED) is 0.344. The Balaban J connectivity index is 1.32. The lowest BCUT2D eigenvalue weighted by Gasteiger charge is -2.41. The minimum absolute atomic E-state index is 0.0981. The summed E-state index contributed by atoms with van der Waals surface area (Å²) in [4.78, 5) is 11.1. The Kier molecular flexibility index (Phi) is 8.52. The molecule has 2 nitrogen and oxygen atoms in total. The van der Waals surface area contributed by atoms with Crippen molar-refractivity contribution in [2.45, 2.75) is 123 Å². The summed E-state index contributed by atoms with van der Waals surface area (Å²) in [6, 6.07) is 0. The first kappa shape index (κ1) is 21.2. The second-order valence-corrected chi connectivity index (χ2v) is 10.1. The van der Waals surface area contributed by atoms with Crippen molar-refractivity contribution in [3.05, 3.63) is 0 Å². The first-order chi connectivity index (χ1) is 13.2. The average Bonchev–Trinajstić information content (AvgIpc) is 2.69. The second-order valence-electron chi connectivity index (χ2n) is 10.1. The van der Waals surface area contributed by atoms with Gasteiger partial charge in [0.1, 0.15) is 6.10 Å². The normalized spacial score (nSPS) is 37.7. The van der Waals surface area contributed by atoms with Gasteiger partial charge in [-0.25, -0.2) is 0 Å². The Morgan fingerprint density at radius 1 is 0.704 bits per heavy atom. The molecule has 0 aromatic carbocycles. The van der Waals surface area contributed by atoms with Gasteiger partial charge in [0.15, 0.2) is 0 Å². The number of carbonyl (C=O) groups is 1. The highest BCUT2D eigenvalue weighted by molar-refractivity contribution is 5.66. The third-order valence-corrected chi connectivity index (χ3v) is 8.31. The molecule has 0 aromatic rings. The molecule has 0 radical (unpaired) electrons. The molecule has 3 saturated carbocycles. The van der Waals surface area contributed by atoms with Crippen LogP contribution in [-0.4, -0.2) is 12.1 Å². The number of carbonyl (C=O) groups excluding carboxylic acids is 1. The number of unbranched alkanes of at least 4 members (excludes halogenated alkanes) is 2. The van der Waals surface area contributed by atoms with Crippen LogP contribution in [0.15, 0.2) is 0 Å². The van der Waals surface area contributed by atoms with Crippen LogP contribution in [0.3, 0.4) is 0 Å². The topological polar surface area (TPSA) is 26.3 Å². The first-order valence-corrected chi connectivity index (χ1v) is 12.3. The highest BCUT2D eigenvalue weighted by atomic mass is 16.5. The summed E-state index contributed by atoms with van der Waals surface area (Å²) in [5, 5.41) is 0. The van der Waals surface area contributed by atoms with Gasteiger partial charge in [-0.3, -0.25) is 4.79 Å². The summed E-state index contributed by atoms with van der Waals surface area (Å²) < 4.78 is 5.42. The smallest absolute Gasteiger partial charge is 0.302 e. The molecule has 156 valence electrons. The Morgan fingerprint density at radius 3 is 1.59 bits per heavy atom. The van der Waals surface area contributed by atoms with E-state index in [4.69, 9.17) is 4.74 Å². The number of ether oxygens (including phenoxy) is 1. The summed E-state index contributed by atoms with van der Waals surface area (Å²) in [7, 11) is 0. The van der Waals surface area contributed by atoms with E-state index in [9.17, 15) is 4.79 Å². The Labute approximate surface area is 168 Å². The van der Waals surface area contributed by atoms with Crippen LogP contribution in [0.5, 0.6) is 0 Å². The van der Waals surface area contributed by atoms with E-state index in [1.54, 1.807) is 6.92 Å². The third kappa shape index (κ3) is 6.50. The third-order valence-electron chi connectivity index (χ3n) is 8.31. The summed E-state index contributed by atoms with van der Waals surface area (Å²) >= 11 is 0. The molecule has 0 amide bonds. The Morgan fingerprint density at radius 2 is 1.15 bits per heavy atom. The first-order valence-electron chi connectivity index (χ1n) is 12.3. The summed E-state index contributed by atoms with van der Waals surface area (Å²) in [5.74, 6) is 4.91. The number of hydrogen-bond acceptors (Lipinski definition) is 2. The molecule has 0 aromatic heterocycles. The number of rotatable bonds is 7. The van der Waals surface area contributed by atoms with Crippen molar-refractivity contribution in [1.82, 2.24) is 0 Å². The highest BCUT2D eigenvalue weighted by Gasteiger charge is 2.35. The van der Waals surface area contributed by atoms with Crippen LogP contribution in [0.1, 0.15) is 117 Å². The van der Waals surface area contributed by atoms with E-state index in [2.05, 4.69) is 6.92 Å². The van der Waals surface area contributed by atoms with Crippen molar-refractivity contribution >= 4 is 5.97 Å². The lowest BCUT2D eigenvalue weighted by atomic mass is 9.65. The van der Waals surface area contributed by atoms with Crippen molar-refractivity contribution in [3.8, 4) is 0 Å². The van der Waals surface area contributed by atoms with E-state index in [1.807, 2.05) is 0 Å². The van der Waals surface area contributed by atoms with E-state index in [0.717, 1.165) is 42.4 Å². The fourth-order valence-corrected chi connectivity index (χ4v) is 6.63. The summed E-state index contributed by atoms with van der Waals surface area (Å²) in [5.41, 5.74) is 0. The summed E-state index contributed by atoms with van der Waals surface area (Å²) in [6.45, 7) is 3.87. The second kappa shape index (κ2) is 10.9. The van der Waals surface area contributed by atoms with Crippen molar-refractivity contribution < 1.29 is 9.53 Å². The molecule has 3 rings (SSSR count). The monoisotopic (exact) mass is 376 g/mol. The van der Waals surface area contributed by atoms with Crippen LogP contribution in [-0.2, 0) is 9.53 Å². The van der Waals surface area contributed by atoms with E-state index in [1.165, 1.54) is 89.9 Å². The molecule has 0 saturated heterocycles. The highest BCUT2D eigenvalue weighted by Crippen LogP contribution is 2.46. The largest absolute Gasteiger partial charge is 0.463 e. The Bertz CT molecular complexity index is 422. The standard InChI is InChI=1S/C25H44O2/c1-3-4-5-6-20-7-9-21(10-8-20)22-11-13-23(14-12-22)24-15-17-25(18-16-24)27-19(2)26/h20-25H,3-18H2,1-2H3. The van der Waals surface area contributed by atoms with Crippen LogP contribution >= 0.6 is 0 Å². The van der Waals surface area contributed by atoms with Crippen LogP contribution in [0.2, 0.25) is 0 Å². The lowest BCUT2D eigenvalue weighted by Crippen LogP contribution is -2.31. The van der Waals surface area contributed by atoms with E-state index < -0.39 is 0 Å². The Hall–Kier alpha value is -0.530. The van der Waals surface area contributed by atoms with Crippen molar-refractivity contribution in [2.24, 2.45) is 29.6 Å². The molecular formula is C25H44O2. The molecule has 3 aliphatic carbocycles. The van der Waals surface area contributed by atoms with Gasteiger partial charge in [0.2, 0.25) is 0 Å². The molecule has 2 heteroatoms. The fraction of sp³-hybridized carbons (Fsp3) is 0.960. The molecule has 0 atom stereocenters. The van der Waals surface area contributed by atoms with Gasteiger partial charge in [-0.2, -0.15) is 0 Å². The molecule has 3 fully saturated rings. The average molecular weight is 377 g/mol. The molecule has 0 aliphatic heterocycles. The van der Waals surface area contributed by atoms with Gasteiger partial charge in [0.05, 0.1) is 0 Å². The molecular weight excluding hydrogens is 332 g/mol. The lowest BCUT2D eigenvalue weighted by molar-refractivity contribution is -0.148. The summed E-state index contributed by atoms with van der Waals surface area (Å²) in [6.07, 6.45) is 22.8. The minimum atomic E-state index is -0.0981. The molecule has 0 bridgehead atoms. The molecule has 0 N–H and O–H groups in total. The van der Waals surface area contributed by atoms with Gasteiger partial charge in [-0.15, -0.1) is 0 Å². The molecule has 0 unspecified atom stereocenters. The SMILES string of the molecule is CCCCCC1CCC(C2CCC(C3CCC(OC(C)=O)CC3)CC2)CC1. The van der Waals surface area contributed by atoms with Crippen molar-refractivity contribution in [3.63, 3.8) is 0 Å². The van der Waals surface area contributed by atoms with Gasteiger partial charge >= 0.3 is 5.97 Å². The number of esters is 1. The fourth-order valence-electron chi connectivity index (χ4n) is 6.63. The van der Waals surface area contributed by atoms with Gasteiger partial charge in [0.25, 0.3) is 0 Å². The predicted molar refractivity (Wildman–Crippen MR) is 113 cm³/mol. The number of hydrogen-bond donors (Lipinski definition) is 0. The maximum absolute atomic E-state index is 11.1. The van der Waals surface area contributed by atoms with Gasteiger partial charge in [-0.1, -0.05) is 45.4 Å². The van der Waals surface area contributed by atoms with Crippen molar-refractivity contribution in [1.29, 1.82) is 0 Å². The van der Waals surface area contributed by atoms with Crippen LogP contribution in [0.25, 0.3) is 0 Å². The van der Waals surface area contributed by atoms with E-state index >= 15 is 0 Å². The van der Waals surface area contributed by atoms with E-state index in [0.29, 0.717) is 0 Å². The zero-order valence-corrected chi connectivity index (χ0v) is 18.1. The van der Waals surface area contributed by atoms with Gasteiger partial charge in [-0.05, 0) is 93.8 Å². The minimum Gasteiger partial charge on any atom is -0.463 e. The zero-order chi connectivity index (χ0) is 19.1. The van der Waals surface area contributed by atoms with Gasteiger partial charge in [0, 0.05) is 6.92 Å². The van der Waals surface area contributed by atoms with Gasteiger partial charge < -0.3 is 4.74 Å². The molecule has 0 heterocycles. The predicted octanol–water partition coefficient (Wildman–Crippen LogP) is 7.30. The van der Waals surface area contributed by atoms with E-state index in [-0.39, 0.29) is 12.1 Å². The van der Waals surface area contributed by atoms with Crippen LogP contribution in [0, 0.1) is 29.6 Å². The zero-order valence-electron chi connectivity index (χ0n) is 18.1. The maximum Gasteiger partial charge on any atom is 0.302 e. The maximum atomic E-state index is 11.1. The molecule has 0 spiro atoms. The molecule has 27 heavy (non-hydrogen) atoms.